The quantitative estimate of drug-likeness (QED) is 0.892. The molecule has 0 heterocycles. The van der Waals surface area contributed by atoms with Crippen LogP contribution in [-0.4, -0.2) is 17.6 Å². The first-order valence-electron chi connectivity index (χ1n) is 6.92. The summed E-state index contributed by atoms with van der Waals surface area (Å²) in [6.45, 7) is 1.84. The predicted octanol–water partition coefficient (Wildman–Crippen LogP) is 2.67. The van der Waals surface area contributed by atoms with E-state index in [1.165, 1.54) is 6.07 Å². The van der Waals surface area contributed by atoms with Crippen molar-refractivity contribution in [2.75, 3.05) is 6.54 Å². The molecule has 0 saturated carbocycles. The Morgan fingerprint density at radius 3 is 2.41 bits per heavy atom. The number of carbonyl (C=O) groups excluding carboxylic acids is 1. The normalized spacial score (nSPS) is 12.0. The lowest BCUT2D eigenvalue weighted by Gasteiger charge is -2.14. The number of aliphatic hydroxyl groups is 1. The lowest BCUT2D eigenvalue weighted by Crippen LogP contribution is -2.30. The molecule has 2 aromatic carbocycles. The third-order valence-electron chi connectivity index (χ3n) is 3.44. The number of hydrogen-bond donors (Lipinski definition) is 2. The topological polar surface area (TPSA) is 49.3 Å². The number of aliphatic hydroxyl groups excluding tert-OH is 1. The molecule has 0 aliphatic heterocycles. The van der Waals surface area contributed by atoms with E-state index in [0.29, 0.717) is 5.56 Å². The highest BCUT2D eigenvalue weighted by Crippen LogP contribution is 2.16. The molecule has 22 heavy (non-hydrogen) atoms. The zero-order chi connectivity index (χ0) is 16.1. The van der Waals surface area contributed by atoms with Crippen LogP contribution in [0.5, 0.6) is 0 Å². The van der Waals surface area contributed by atoms with Crippen LogP contribution in [0.15, 0.2) is 42.5 Å². The Bertz CT molecular complexity index is 653. The zero-order valence-electron chi connectivity index (χ0n) is 12.1. The molecule has 0 aromatic heterocycles. The number of benzene rings is 2. The van der Waals surface area contributed by atoms with Crippen molar-refractivity contribution < 1.29 is 18.7 Å². The van der Waals surface area contributed by atoms with E-state index in [-0.39, 0.29) is 12.1 Å². The zero-order valence-corrected chi connectivity index (χ0v) is 12.1. The second-order valence-electron chi connectivity index (χ2n) is 5.05. The number of amides is 1. The Morgan fingerprint density at radius 1 is 1.14 bits per heavy atom. The Hall–Kier alpha value is -2.27. The van der Waals surface area contributed by atoms with Crippen molar-refractivity contribution in [2.24, 2.45) is 0 Å². The highest BCUT2D eigenvalue weighted by molar-refractivity contribution is 5.78. The van der Waals surface area contributed by atoms with Crippen LogP contribution in [0.3, 0.4) is 0 Å². The third kappa shape index (κ3) is 3.89. The molecule has 3 nitrogen and oxygen atoms in total. The summed E-state index contributed by atoms with van der Waals surface area (Å²) in [4.78, 5) is 11.8. The van der Waals surface area contributed by atoms with Crippen molar-refractivity contribution in [3.63, 3.8) is 0 Å². The van der Waals surface area contributed by atoms with Crippen LogP contribution < -0.4 is 5.32 Å². The molecule has 0 aliphatic carbocycles. The minimum atomic E-state index is -0.865. The van der Waals surface area contributed by atoms with Crippen LogP contribution in [0, 0.1) is 18.6 Å². The minimum Gasteiger partial charge on any atom is -0.387 e. The lowest BCUT2D eigenvalue weighted by molar-refractivity contribution is -0.121. The summed E-state index contributed by atoms with van der Waals surface area (Å²) in [6.07, 6.45) is -1.27. The maximum Gasteiger partial charge on any atom is 0.224 e. The van der Waals surface area contributed by atoms with Gasteiger partial charge in [0.15, 0.2) is 0 Å². The van der Waals surface area contributed by atoms with Gasteiger partial charge in [0.2, 0.25) is 5.91 Å². The molecule has 0 saturated heterocycles. The minimum absolute atomic E-state index is 0.0141. The smallest absolute Gasteiger partial charge is 0.224 e. The maximum absolute atomic E-state index is 13.5. The summed E-state index contributed by atoms with van der Waals surface area (Å²) < 4.78 is 26.9. The predicted molar refractivity (Wildman–Crippen MR) is 79.2 cm³/mol. The van der Waals surface area contributed by atoms with Gasteiger partial charge in [0.05, 0.1) is 12.5 Å². The molecule has 1 atom stereocenters. The standard InChI is InChI=1S/C17H17F2NO2/c1-11-5-2-3-6-12(11)16(21)10-20-17(22)9-13-14(18)7-4-8-15(13)19/h2-8,16,21H,9-10H2,1H3,(H,20,22). The van der Waals surface area contributed by atoms with Gasteiger partial charge in [0.25, 0.3) is 0 Å². The van der Waals surface area contributed by atoms with Crippen LogP contribution in [0.4, 0.5) is 8.78 Å². The van der Waals surface area contributed by atoms with Crippen LogP contribution in [-0.2, 0) is 11.2 Å². The van der Waals surface area contributed by atoms with Crippen LogP contribution in [0.1, 0.15) is 22.8 Å². The first-order chi connectivity index (χ1) is 10.5. The second kappa shape index (κ2) is 7.13. The van der Waals surface area contributed by atoms with Gasteiger partial charge in [0, 0.05) is 12.1 Å². The number of nitrogens with one attached hydrogen (secondary N) is 1. The number of hydrogen-bond acceptors (Lipinski definition) is 2. The van der Waals surface area contributed by atoms with Gasteiger partial charge in [-0.15, -0.1) is 0 Å². The molecular formula is C17H17F2NO2. The van der Waals surface area contributed by atoms with E-state index in [1.54, 1.807) is 12.1 Å². The molecule has 1 amide bonds. The molecule has 2 aromatic rings. The van der Waals surface area contributed by atoms with E-state index in [9.17, 15) is 18.7 Å². The fourth-order valence-corrected chi connectivity index (χ4v) is 2.21. The molecular weight excluding hydrogens is 288 g/mol. The summed E-state index contributed by atoms with van der Waals surface area (Å²) >= 11 is 0. The first kappa shape index (κ1) is 16.1. The SMILES string of the molecule is Cc1ccccc1C(O)CNC(=O)Cc1c(F)cccc1F. The largest absolute Gasteiger partial charge is 0.387 e. The summed E-state index contributed by atoms with van der Waals surface area (Å²) in [5, 5.41) is 12.6. The highest BCUT2D eigenvalue weighted by atomic mass is 19.1. The second-order valence-corrected chi connectivity index (χ2v) is 5.05. The van der Waals surface area contributed by atoms with E-state index < -0.39 is 30.1 Å². The molecule has 2 N–H and O–H groups in total. The fraction of sp³-hybridized carbons (Fsp3) is 0.235. The van der Waals surface area contributed by atoms with Gasteiger partial charge in [-0.1, -0.05) is 30.3 Å². The Morgan fingerprint density at radius 2 is 1.77 bits per heavy atom. The van der Waals surface area contributed by atoms with Crippen molar-refractivity contribution >= 4 is 5.91 Å². The Balaban J connectivity index is 1.95. The monoisotopic (exact) mass is 305 g/mol. The van der Waals surface area contributed by atoms with Gasteiger partial charge in [-0.25, -0.2) is 8.78 Å². The van der Waals surface area contributed by atoms with Crippen LogP contribution in [0.2, 0.25) is 0 Å². The Kier molecular flexibility index (Phi) is 5.22. The van der Waals surface area contributed by atoms with Crippen molar-refractivity contribution in [3.8, 4) is 0 Å². The van der Waals surface area contributed by atoms with E-state index in [1.807, 2.05) is 19.1 Å². The summed E-state index contributed by atoms with van der Waals surface area (Å²) in [5.74, 6) is -2.05. The molecule has 0 bridgehead atoms. The molecule has 0 fully saturated rings. The van der Waals surface area contributed by atoms with Gasteiger partial charge < -0.3 is 10.4 Å². The number of rotatable bonds is 5. The highest BCUT2D eigenvalue weighted by Gasteiger charge is 2.15. The van der Waals surface area contributed by atoms with Gasteiger partial charge in [-0.2, -0.15) is 0 Å². The number of halogens is 2. The average Bonchev–Trinajstić information content (AvgIpc) is 2.49. The van der Waals surface area contributed by atoms with Gasteiger partial charge >= 0.3 is 0 Å². The Labute approximate surface area is 127 Å². The number of carbonyl (C=O) groups is 1. The van der Waals surface area contributed by atoms with Crippen molar-refractivity contribution in [2.45, 2.75) is 19.4 Å². The molecule has 1 unspecified atom stereocenters. The summed E-state index contributed by atoms with van der Waals surface area (Å²) in [5.41, 5.74) is 1.34. The lowest BCUT2D eigenvalue weighted by atomic mass is 10.0. The average molecular weight is 305 g/mol. The van der Waals surface area contributed by atoms with Gasteiger partial charge in [0.1, 0.15) is 11.6 Å². The van der Waals surface area contributed by atoms with E-state index >= 15 is 0 Å². The van der Waals surface area contributed by atoms with Gasteiger partial charge in [-0.3, -0.25) is 4.79 Å². The number of aryl methyl sites for hydroxylation is 1. The molecule has 0 aliphatic rings. The van der Waals surface area contributed by atoms with E-state index in [0.717, 1.165) is 17.7 Å². The van der Waals surface area contributed by atoms with E-state index in [4.69, 9.17) is 0 Å². The van der Waals surface area contributed by atoms with Crippen molar-refractivity contribution in [1.82, 2.24) is 5.32 Å². The molecule has 0 radical (unpaired) electrons. The molecule has 2 rings (SSSR count). The molecule has 5 heteroatoms. The third-order valence-corrected chi connectivity index (χ3v) is 3.44. The van der Waals surface area contributed by atoms with Gasteiger partial charge in [-0.05, 0) is 30.2 Å². The molecule has 116 valence electrons. The van der Waals surface area contributed by atoms with E-state index in [2.05, 4.69) is 5.32 Å². The summed E-state index contributed by atoms with van der Waals surface area (Å²) in [7, 11) is 0. The van der Waals surface area contributed by atoms with Crippen LogP contribution >= 0.6 is 0 Å². The van der Waals surface area contributed by atoms with Crippen LogP contribution in [0.25, 0.3) is 0 Å². The fourth-order valence-electron chi connectivity index (χ4n) is 2.21. The van der Waals surface area contributed by atoms with Crippen molar-refractivity contribution in [3.05, 3.63) is 70.8 Å². The van der Waals surface area contributed by atoms with Crippen molar-refractivity contribution in [1.29, 1.82) is 0 Å². The maximum atomic E-state index is 13.5. The summed E-state index contributed by atoms with van der Waals surface area (Å²) in [6, 6.07) is 10.7. The molecule has 0 spiro atoms. The first-order valence-corrected chi connectivity index (χ1v) is 6.92.